The molecule has 1 aromatic heterocycles. The molecular weight excluding hydrogens is 228 g/mol. The standard InChI is InChI=1S/C13H22N4O/c1-4-14-13(17-7-5-6-8-17)15-9-12-16-10(2)11(3)18-12/h4-9H2,1-3H3,(H,14,15). The van der Waals surface area contributed by atoms with Crippen LogP contribution in [-0.4, -0.2) is 35.5 Å². The van der Waals surface area contributed by atoms with Crippen molar-refractivity contribution in [3.63, 3.8) is 0 Å². The molecule has 1 aliphatic heterocycles. The molecule has 0 saturated carbocycles. The number of guanidine groups is 1. The van der Waals surface area contributed by atoms with E-state index in [-0.39, 0.29) is 0 Å². The van der Waals surface area contributed by atoms with Crippen molar-refractivity contribution < 1.29 is 4.42 Å². The monoisotopic (exact) mass is 250 g/mol. The van der Waals surface area contributed by atoms with Gasteiger partial charge in [0, 0.05) is 19.6 Å². The van der Waals surface area contributed by atoms with E-state index in [4.69, 9.17) is 4.42 Å². The van der Waals surface area contributed by atoms with E-state index in [0.29, 0.717) is 12.4 Å². The highest BCUT2D eigenvalue weighted by atomic mass is 16.4. The summed E-state index contributed by atoms with van der Waals surface area (Å²) in [6.07, 6.45) is 2.50. The number of nitrogens with one attached hydrogen (secondary N) is 1. The van der Waals surface area contributed by atoms with Crippen LogP contribution in [-0.2, 0) is 6.54 Å². The SMILES string of the molecule is CCNC(=NCc1nc(C)c(C)o1)N1CCCC1. The van der Waals surface area contributed by atoms with Gasteiger partial charge in [-0.3, -0.25) is 0 Å². The molecule has 5 nitrogen and oxygen atoms in total. The molecule has 0 aliphatic carbocycles. The van der Waals surface area contributed by atoms with E-state index in [1.54, 1.807) is 0 Å². The highest BCUT2D eigenvalue weighted by molar-refractivity contribution is 5.80. The summed E-state index contributed by atoms with van der Waals surface area (Å²) in [4.78, 5) is 11.2. The van der Waals surface area contributed by atoms with Gasteiger partial charge in [-0.2, -0.15) is 0 Å². The first kappa shape index (κ1) is 12.9. The maximum Gasteiger partial charge on any atom is 0.216 e. The summed E-state index contributed by atoms with van der Waals surface area (Å²) in [5, 5.41) is 3.32. The van der Waals surface area contributed by atoms with Crippen LogP contribution in [0.15, 0.2) is 9.41 Å². The van der Waals surface area contributed by atoms with E-state index in [9.17, 15) is 0 Å². The highest BCUT2D eigenvalue weighted by Crippen LogP contribution is 2.11. The van der Waals surface area contributed by atoms with E-state index in [0.717, 1.165) is 37.0 Å². The minimum Gasteiger partial charge on any atom is -0.444 e. The van der Waals surface area contributed by atoms with Gasteiger partial charge in [-0.15, -0.1) is 0 Å². The summed E-state index contributed by atoms with van der Waals surface area (Å²) < 4.78 is 5.54. The Balaban J connectivity index is 2.03. The molecule has 1 saturated heterocycles. The van der Waals surface area contributed by atoms with Crippen molar-refractivity contribution in [2.75, 3.05) is 19.6 Å². The van der Waals surface area contributed by atoms with Gasteiger partial charge in [0.15, 0.2) is 5.96 Å². The lowest BCUT2D eigenvalue weighted by atomic mass is 10.4. The molecular formula is C13H22N4O. The Morgan fingerprint density at radius 3 is 2.67 bits per heavy atom. The van der Waals surface area contributed by atoms with Crippen molar-refractivity contribution in [1.82, 2.24) is 15.2 Å². The number of hydrogen-bond donors (Lipinski definition) is 1. The average molecular weight is 250 g/mol. The first-order chi connectivity index (χ1) is 8.70. The Kier molecular flexibility index (Phi) is 4.23. The van der Waals surface area contributed by atoms with Gasteiger partial charge in [0.25, 0.3) is 0 Å². The van der Waals surface area contributed by atoms with E-state index in [1.165, 1.54) is 12.8 Å². The zero-order chi connectivity index (χ0) is 13.0. The van der Waals surface area contributed by atoms with E-state index >= 15 is 0 Å². The van der Waals surface area contributed by atoms with Crippen LogP contribution in [0.4, 0.5) is 0 Å². The van der Waals surface area contributed by atoms with E-state index in [2.05, 4.69) is 27.1 Å². The lowest BCUT2D eigenvalue weighted by Crippen LogP contribution is -2.39. The first-order valence-corrected chi connectivity index (χ1v) is 6.67. The van der Waals surface area contributed by atoms with Gasteiger partial charge < -0.3 is 14.6 Å². The van der Waals surface area contributed by atoms with Crippen molar-refractivity contribution in [1.29, 1.82) is 0 Å². The second kappa shape index (κ2) is 5.89. The normalized spacial score (nSPS) is 16.4. The molecule has 100 valence electrons. The maximum absolute atomic E-state index is 5.54. The fraction of sp³-hybridized carbons (Fsp3) is 0.692. The fourth-order valence-electron chi connectivity index (χ4n) is 2.10. The zero-order valence-corrected chi connectivity index (χ0v) is 11.5. The van der Waals surface area contributed by atoms with Crippen LogP contribution >= 0.6 is 0 Å². The van der Waals surface area contributed by atoms with Crippen LogP contribution in [0.2, 0.25) is 0 Å². The summed E-state index contributed by atoms with van der Waals surface area (Å²) in [5.41, 5.74) is 0.950. The first-order valence-electron chi connectivity index (χ1n) is 6.67. The molecule has 0 unspecified atom stereocenters. The predicted molar refractivity (Wildman–Crippen MR) is 71.6 cm³/mol. The predicted octanol–water partition coefficient (Wildman–Crippen LogP) is 1.85. The van der Waals surface area contributed by atoms with Gasteiger partial charge in [-0.25, -0.2) is 9.98 Å². The molecule has 0 aromatic carbocycles. The average Bonchev–Trinajstić information content (AvgIpc) is 2.96. The van der Waals surface area contributed by atoms with Gasteiger partial charge in [0.05, 0.1) is 5.69 Å². The third-order valence-electron chi connectivity index (χ3n) is 3.18. The lowest BCUT2D eigenvalue weighted by molar-refractivity contribution is 0.463. The Morgan fingerprint density at radius 1 is 1.39 bits per heavy atom. The van der Waals surface area contributed by atoms with Gasteiger partial charge >= 0.3 is 0 Å². The summed E-state index contributed by atoms with van der Waals surface area (Å²) >= 11 is 0. The zero-order valence-electron chi connectivity index (χ0n) is 11.5. The Bertz CT molecular complexity index is 399. The molecule has 18 heavy (non-hydrogen) atoms. The Morgan fingerprint density at radius 2 is 2.11 bits per heavy atom. The van der Waals surface area contributed by atoms with Crippen molar-refractivity contribution in [2.45, 2.75) is 40.2 Å². The Hall–Kier alpha value is -1.52. The smallest absolute Gasteiger partial charge is 0.216 e. The number of aromatic nitrogens is 1. The van der Waals surface area contributed by atoms with Gasteiger partial charge in [0.2, 0.25) is 5.89 Å². The number of aryl methyl sites for hydroxylation is 2. The van der Waals surface area contributed by atoms with Crippen LogP contribution in [0.25, 0.3) is 0 Å². The quantitative estimate of drug-likeness (QED) is 0.657. The molecule has 2 heterocycles. The van der Waals surface area contributed by atoms with Crippen molar-refractivity contribution in [3.05, 3.63) is 17.3 Å². The number of nitrogens with zero attached hydrogens (tertiary/aromatic N) is 3. The van der Waals surface area contributed by atoms with E-state index in [1.807, 2.05) is 13.8 Å². The number of aliphatic imine (C=N–C) groups is 1. The molecule has 1 aromatic rings. The summed E-state index contributed by atoms with van der Waals surface area (Å²) in [6.45, 7) is 9.56. The molecule has 0 atom stereocenters. The topological polar surface area (TPSA) is 53.7 Å². The molecule has 0 amide bonds. The summed E-state index contributed by atoms with van der Waals surface area (Å²) in [5.74, 6) is 2.55. The fourth-order valence-corrected chi connectivity index (χ4v) is 2.10. The number of likely N-dealkylation sites (tertiary alicyclic amines) is 1. The van der Waals surface area contributed by atoms with Crippen LogP contribution in [0.3, 0.4) is 0 Å². The number of rotatable bonds is 3. The molecule has 1 fully saturated rings. The largest absolute Gasteiger partial charge is 0.444 e. The molecule has 1 aliphatic rings. The van der Waals surface area contributed by atoms with E-state index < -0.39 is 0 Å². The summed E-state index contributed by atoms with van der Waals surface area (Å²) in [6, 6.07) is 0. The second-order valence-corrected chi connectivity index (χ2v) is 4.61. The minimum absolute atomic E-state index is 0.507. The third-order valence-corrected chi connectivity index (χ3v) is 3.18. The molecule has 1 N–H and O–H groups in total. The van der Waals surface area contributed by atoms with Crippen LogP contribution in [0.5, 0.6) is 0 Å². The van der Waals surface area contributed by atoms with Gasteiger partial charge in [0.1, 0.15) is 12.3 Å². The van der Waals surface area contributed by atoms with Crippen LogP contribution in [0, 0.1) is 13.8 Å². The molecule has 2 rings (SSSR count). The van der Waals surface area contributed by atoms with Crippen molar-refractivity contribution in [2.24, 2.45) is 4.99 Å². The molecule has 0 spiro atoms. The van der Waals surface area contributed by atoms with Crippen molar-refractivity contribution >= 4 is 5.96 Å². The van der Waals surface area contributed by atoms with Crippen LogP contribution in [0.1, 0.15) is 37.1 Å². The molecule has 0 bridgehead atoms. The third kappa shape index (κ3) is 3.03. The number of oxazole rings is 1. The molecule has 0 radical (unpaired) electrons. The highest BCUT2D eigenvalue weighted by Gasteiger charge is 2.15. The van der Waals surface area contributed by atoms with Crippen LogP contribution < -0.4 is 5.32 Å². The van der Waals surface area contributed by atoms with Crippen molar-refractivity contribution in [3.8, 4) is 0 Å². The second-order valence-electron chi connectivity index (χ2n) is 4.61. The summed E-state index contributed by atoms with van der Waals surface area (Å²) in [7, 11) is 0. The van der Waals surface area contributed by atoms with Gasteiger partial charge in [-0.05, 0) is 33.6 Å². The lowest BCUT2D eigenvalue weighted by Gasteiger charge is -2.20. The molecule has 5 heteroatoms. The number of hydrogen-bond acceptors (Lipinski definition) is 3. The van der Waals surface area contributed by atoms with Gasteiger partial charge in [-0.1, -0.05) is 0 Å². The maximum atomic E-state index is 5.54. The Labute approximate surface area is 108 Å². The minimum atomic E-state index is 0.507.